The molecule has 3 heteroatoms. The average Bonchev–Trinajstić information content (AvgIpc) is 2.35. The van der Waals surface area contributed by atoms with Crippen LogP contribution >= 0.6 is 0 Å². The summed E-state index contributed by atoms with van der Waals surface area (Å²) in [5.74, 6) is 0.137. The number of methoxy groups -OCH3 is 1. The van der Waals surface area contributed by atoms with Gasteiger partial charge in [-0.05, 0) is 18.4 Å². The van der Waals surface area contributed by atoms with Crippen LogP contribution < -0.4 is 5.32 Å². The van der Waals surface area contributed by atoms with Gasteiger partial charge in [-0.15, -0.1) is 0 Å². The molecule has 0 aliphatic heterocycles. The Bertz CT molecular complexity index is 324. The Kier molecular flexibility index (Phi) is 4.99. The van der Waals surface area contributed by atoms with Crippen LogP contribution in [0.3, 0.4) is 0 Å². The van der Waals surface area contributed by atoms with Crippen molar-refractivity contribution in [2.75, 3.05) is 13.7 Å². The minimum atomic E-state index is -0.230. The molecule has 2 atom stereocenters. The van der Waals surface area contributed by atoms with Crippen LogP contribution in [0.4, 0.5) is 0 Å². The first-order valence-electron chi connectivity index (χ1n) is 5.50. The third-order valence-electron chi connectivity index (χ3n) is 2.87. The van der Waals surface area contributed by atoms with Crippen molar-refractivity contribution in [1.82, 2.24) is 5.32 Å². The molecule has 1 aromatic carbocycles. The number of nitrogens with one attached hydrogen (secondary N) is 1. The largest absolute Gasteiger partial charge is 0.468 e. The Morgan fingerprint density at radius 1 is 1.31 bits per heavy atom. The molecule has 0 saturated carbocycles. The Morgan fingerprint density at radius 2 is 1.94 bits per heavy atom. The summed E-state index contributed by atoms with van der Waals surface area (Å²) in [6.45, 7) is 4.47. The van der Waals surface area contributed by atoms with E-state index in [0.29, 0.717) is 5.92 Å². The molecule has 0 amide bonds. The number of esters is 1. The topological polar surface area (TPSA) is 38.3 Å². The second-order valence-electron chi connectivity index (χ2n) is 3.95. The molecule has 1 aromatic rings. The molecule has 0 saturated heterocycles. The van der Waals surface area contributed by atoms with Gasteiger partial charge in [-0.3, -0.25) is 4.79 Å². The summed E-state index contributed by atoms with van der Waals surface area (Å²) in [4.78, 5) is 11.0. The second-order valence-corrected chi connectivity index (χ2v) is 3.95. The van der Waals surface area contributed by atoms with E-state index in [1.165, 1.54) is 12.7 Å². The highest BCUT2D eigenvalue weighted by molar-refractivity contribution is 5.71. The average molecular weight is 221 g/mol. The maximum atomic E-state index is 11.0. The van der Waals surface area contributed by atoms with E-state index in [2.05, 4.69) is 36.0 Å². The van der Waals surface area contributed by atoms with E-state index in [9.17, 15) is 4.79 Å². The van der Waals surface area contributed by atoms with Crippen LogP contribution in [0.1, 0.15) is 25.3 Å². The van der Waals surface area contributed by atoms with E-state index in [-0.39, 0.29) is 18.6 Å². The summed E-state index contributed by atoms with van der Waals surface area (Å²) < 4.78 is 4.58. The molecular weight excluding hydrogens is 202 g/mol. The molecule has 88 valence electrons. The number of ether oxygens (including phenoxy) is 1. The SMILES string of the molecule is COC(=O)CN[C@H](C)[C@H](C)c1ccccc1. The number of carbonyl (C=O) groups is 1. The van der Waals surface area contributed by atoms with Gasteiger partial charge < -0.3 is 10.1 Å². The fourth-order valence-electron chi connectivity index (χ4n) is 1.54. The lowest BCUT2D eigenvalue weighted by Gasteiger charge is -2.21. The molecular formula is C13H19NO2. The molecule has 0 heterocycles. The molecule has 1 rings (SSSR count). The van der Waals surface area contributed by atoms with Crippen molar-refractivity contribution in [3.8, 4) is 0 Å². The summed E-state index contributed by atoms with van der Waals surface area (Å²) in [6, 6.07) is 10.5. The minimum absolute atomic E-state index is 0.230. The van der Waals surface area contributed by atoms with Gasteiger partial charge in [-0.1, -0.05) is 37.3 Å². The lowest BCUT2D eigenvalue weighted by Crippen LogP contribution is -2.35. The van der Waals surface area contributed by atoms with Crippen molar-refractivity contribution in [2.45, 2.75) is 25.8 Å². The number of rotatable bonds is 5. The van der Waals surface area contributed by atoms with Crippen LogP contribution in [0, 0.1) is 0 Å². The third kappa shape index (κ3) is 3.66. The van der Waals surface area contributed by atoms with Gasteiger partial charge in [-0.2, -0.15) is 0 Å². The van der Waals surface area contributed by atoms with Gasteiger partial charge in [0.05, 0.1) is 13.7 Å². The van der Waals surface area contributed by atoms with Crippen LogP contribution in [-0.4, -0.2) is 25.7 Å². The number of hydrogen-bond donors (Lipinski definition) is 1. The van der Waals surface area contributed by atoms with Gasteiger partial charge >= 0.3 is 5.97 Å². The third-order valence-corrected chi connectivity index (χ3v) is 2.87. The van der Waals surface area contributed by atoms with E-state index < -0.39 is 0 Å². The normalized spacial score (nSPS) is 14.2. The van der Waals surface area contributed by atoms with Gasteiger partial charge in [0.15, 0.2) is 0 Å². The van der Waals surface area contributed by atoms with Gasteiger partial charge in [0.25, 0.3) is 0 Å². The molecule has 0 unspecified atom stereocenters. The van der Waals surface area contributed by atoms with Crippen molar-refractivity contribution >= 4 is 5.97 Å². The summed E-state index contributed by atoms with van der Waals surface area (Å²) in [7, 11) is 1.40. The fourth-order valence-corrected chi connectivity index (χ4v) is 1.54. The van der Waals surface area contributed by atoms with Crippen molar-refractivity contribution in [3.05, 3.63) is 35.9 Å². The summed E-state index contributed by atoms with van der Waals surface area (Å²) in [6.07, 6.45) is 0. The Morgan fingerprint density at radius 3 is 2.50 bits per heavy atom. The Labute approximate surface area is 96.8 Å². The van der Waals surface area contributed by atoms with E-state index >= 15 is 0 Å². The van der Waals surface area contributed by atoms with Gasteiger partial charge in [0.2, 0.25) is 0 Å². The first-order chi connectivity index (χ1) is 7.65. The monoisotopic (exact) mass is 221 g/mol. The lowest BCUT2D eigenvalue weighted by atomic mass is 9.94. The quantitative estimate of drug-likeness (QED) is 0.772. The van der Waals surface area contributed by atoms with Crippen LogP contribution in [0.2, 0.25) is 0 Å². The molecule has 1 N–H and O–H groups in total. The number of hydrogen-bond acceptors (Lipinski definition) is 3. The van der Waals surface area contributed by atoms with Gasteiger partial charge in [0.1, 0.15) is 0 Å². The van der Waals surface area contributed by atoms with Gasteiger partial charge in [0, 0.05) is 6.04 Å². The molecule has 16 heavy (non-hydrogen) atoms. The Balaban J connectivity index is 2.48. The fraction of sp³-hybridized carbons (Fsp3) is 0.462. The minimum Gasteiger partial charge on any atom is -0.468 e. The van der Waals surface area contributed by atoms with Crippen LogP contribution in [0.25, 0.3) is 0 Å². The second kappa shape index (κ2) is 6.28. The Hall–Kier alpha value is -1.35. The smallest absolute Gasteiger partial charge is 0.319 e. The highest BCUT2D eigenvalue weighted by Gasteiger charge is 2.14. The van der Waals surface area contributed by atoms with Crippen LogP contribution in [0.15, 0.2) is 30.3 Å². The maximum absolute atomic E-state index is 11.0. The molecule has 3 nitrogen and oxygen atoms in total. The molecule has 0 spiro atoms. The predicted octanol–water partition coefficient (Wildman–Crippen LogP) is 1.94. The van der Waals surface area contributed by atoms with Gasteiger partial charge in [-0.25, -0.2) is 0 Å². The standard InChI is InChI=1S/C13H19NO2/c1-10(12-7-5-4-6-8-12)11(2)14-9-13(15)16-3/h4-8,10-11,14H,9H2,1-3H3/t10-,11+/m0/s1. The maximum Gasteiger partial charge on any atom is 0.319 e. The predicted molar refractivity (Wildman–Crippen MR) is 64.3 cm³/mol. The zero-order valence-electron chi connectivity index (χ0n) is 10.1. The first kappa shape index (κ1) is 12.7. The van der Waals surface area contributed by atoms with Crippen molar-refractivity contribution in [3.63, 3.8) is 0 Å². The van der Waals surface area contributed by atoms with Crippen molar-refractivity contribution in [2.24, 2.45) is 0 Å². The highest BCUT2D eigenvalue weighted by atomic mass is 16.5. The van der Waals surface area contributed by atoms with E-state index in [4.69, 9.17) is 0 Å². The van der Waals surface area contributed by atoms with Crippen molar-refractivity contribution < 1.29 is 9.53 Å². The summed E-state index contributed by atoms with van der Waals surface area (Å²) in [5, 5.41) is 3.16. The summed E-state index contributed by atoms with van der Waals surface area (Å²) >= 11 is 0. The van der Waals surface area contributed by atoms with Crippen molar-refractivity contribution in [1.29, 1.82) is 0 Å². The number of carbonyl (C=O) groups excluding carboxylic acids is 1. The molecule has 0 aliphatic carbocycles. The summed E-state index contributed by atoms with van der Waals surface area (Å²) in [5.41, 5.74) is 1.27. The zero-order valence-corrected chi connectivity index (χ0v) is 10.1. The van der Waals surface area contributed by atoms with E-state index in [1.807, 2.05) is 18.2 Å². The lowest BCUT2D eigenvalue weighted by molar-refractivity contribution is -0.139. The molecule has 0 aliphatic rings. The van der Waals surface area contributed by atoms with E-state index in [0.717, 1.165) is 0 Å². The molecule has 0 fully saturated rings. The van der Waals surface area contributed by atoms with Crippen LogP contribution in [0.5, 0.6) is 0 Å². The molecule has 0 aromatic heterocycles. The van der Waals surface area contributed by atoms with Crippen LogP contribution in [-0.2, 0) is 9.53 Å². The number of benzene rings is 1. The molecule has 0 bridgehead atoms. The zero-order chi connectivity index (χ0) is 12.0. The van der Waals surface area contributed by atoms with E-state index in [1.54, 1.807) is 0 Å². The first-order valence-corrected chi connectivity index (χ1v) is 5.50. The highest BCUT2D eigenvalue weighted by Crippen LogP contribution is 2.18. The molecule has 0 radical (unpaired) electrons.